The van der Waals surface area contributed by atoms with E-state index in [1.54, 1.807) is 0 Å². The SMILES string of the molecule is CCCCCCCCCCN(c1cccc(C)c1C)c1cccc(C)c1C.O. The number of unbranched alkanes of at least 4 members (excludes halogenated alkanes) is 7. The lowest BCUT2D eigenvalue weighted by Crippen LogP contribution is -2.21. The molecule has 2 rings (SSSR count). The highest BCUT2D eigenvalue weighted by Crippen LogP contribution is 2.33. The van der Waals surface area contributed by atoms with Crippen LogP contribution in [-0.2, 0) is 0 Å². The third-order valence-electron chi connectivity index (χ3n) is 5.97. The summed E-state index contributed by atoms with van der Waals surface area (Å²) in [5.74, 6) is 0. The first-order valence-corrected chi connectivity index (χ1v) is 11.0. The highest BCUT2D eigenvalue weighted by Gasteiger charge is 2.15. The Morgan fingerprint density at radius 1 is 0.607 bits per heavy atom. The van der Waals surface area contributed by atoms with E-state index in [2.05, 4.69) is 75.9 Å². The van der Waals surface area contributed by atoms with Crippen molar-refractivity contribution in [3.63, 3.8) is 0 Å². The summed E-state index contributed by atoms with van der Waals surface area (Å²) in [6.07, 6.45) is 10.9. The number of aryl methyl sites for hydroxylation is 2. The molecule has 2 aromatic carbocycles. The van der Waals surface area contributed by atoms with E-state index in [-0.39, 0.29) is 5.48 Å². The highest BCUT2D eigenvalue weighted by molar-refractivity contribution is 5.70. The first kappa shape index (κ1) is 24.2. The Kier molecular flexibility index (Phi) is 10.9. The van der Waals surface area contributed by atoms with Crippen molar-refractivity contribution in [1.29, 1.82) is 0 Å². The van der Waals surface area contributed by atoms with E-state index in [0.717, 1.165) is 6.54 Å². The Morgan fingerprint density at radius 2 is 1.04 bits per heavy atom. The number of anilines is 2. The predicted molar refractivity (Wildman–Crippen MR) is 125 cm³/mol. The molecule has 0 aliphatic rings. The third-order valence-corrected chi connectivity index (χ3v) is 5.97. The largest absolute Gasteiger partial charge is 0.412 e. The van der Waals surface area contributed by atoms with Gasteiger partial charge < -0.3 is 10.4 Å². The van der Waals surface area contributed by atoms with Crippen LogP contribution in [0.15, 0.2) is 36.4 Å². The van der Waals surface area contributed by atoms with Crippen molar-refractivity contribution >= 4 is 11.4 Å². The van der Waals surface area contributed by atoms with Gasteiger partial charge in [-0.15, -0.1) is 0 Å². The standard InChI is InChI=1S/C26H39N.H2O/c1-6-7-8-9-10-11-12-13-20-27(25-18-14-16-21(2)23(25)4)26-19-15-17-22(3)24(26)5;/h14-19H,6-13,20H2,1-5H3;1H2. The Balaban J connectivity index is 0.00000392. The van der Waals surface area contributed by atoms with Crippen LogP contribution in [0, 0.1) is 27.7 Å². The second kappa shape index (κ2) is 12.6. The monoisotopic (exact) mass is 383 g/mol. The molecule has 0 bridgehead atoms. The van der Waals surface area contributed by atoms with Gasteiger partial charge in [0.2, 0.25) is 0 Å². The van der Waals surface area contributed by atoms with Gasteiger partial charge >= 0.3 is 0 Å². The van der Waals surface area contributed by atoms with Gasteiger partial charge in [0.1, 0.15) is 0 Å². The second-order valence-corrected chi connectivity index (χ2v) is 8.06. The number of nitrogens with zero attached hydrogens (tertiary/aromatic N) is 1. The van der Waals surface area contributed by atoms with Crippen molar-refractivity contribution in [3.8, 4) is 0 Å². The fourth-order valence-electron chi connectivity index (χ4n) is 3.83. The average Bonchev–Trinajstić information content (AvgIpc) is 2.66. The van der Waals surface area contributed by atoms with Gasteiger partial charge in [-0.1, -0.05) is 76.1 Å². The maximum absolute atomic E-state index is 2.56. The van der Waals surface area contributed by atoms with Crippen molar-refractivity contribution in [2.75, 3.05) is 11.4 Å². The van der Waals surface area contributed by atoms with E-state index in [1.807, 2.05) is 0 Å². The van der Waals surface area contributed by atoms with Crippen LogP contribution in [0.3, 0.4) is 0 Å². The van der Waals surface area contributed by atoms with Gasteiger partial charge in [0, 0.05) is 17.9 Å². The smallest absolute Gasteiger partial charge is 0.0443 e. The fraction of sp³-hybridized carbons (Fsp3) is 0.538. The maximum atomic E-state index is 2.56. The van der Waals surface area contributed by atoms with Crippen LogP contribution in [-0.4, -0.2) is 12.0 Å². The normalized spacial score (nSPS) is 10.6. The summed E-state index contributed by atoms with van der Waals surface area (Å²) >= 11 is 0. The topological polar surface area (TPSA) is 34.7 Å². The van der Waals surface area contributed by atoms with Crippen molar-refractivity contribution in [1.82, 2.24) is 0 Å². The van der Waals surface area contributed by atoms with Gasteiger partial charge in [-0.3, -0.25) is 0 Å². The van der Waals surface area contributed by atoms with Gasteiger partial charge in [0.05, 0.1) is 0 Å². The zero-order valence-electron chi connectivity index (χ0n) is 18.8. The van der Waals surface area contributed by atoms with Crippen molar-refractivity contribution in [3.05, 3.63) is 58.7 Å². The molecule has 2 nitrogen and oxygen atoms in total. The van der Waals surface area contributed by atoms with E-state index >= 15 is 0 Å². The predicted octanol–water partition coefficient (Wildman–Crippen LogP) is 7.37. The van der Waals surface area contributed by atoms with E-state index in [4.69, 9.17) is 0 Å². The van der Waals surface area contributed by atoms with E-state index < -0.39 is 0 Å². The summed E-state index contributed by atoms with van der Waals surface area (Å²) in [5.41, 5.74) is 8.28. The molecule has 0 aliphatic carbocycles. The molecule has 2 heteroatoms. The molecule has 0 unspecified atom stereocenters. The Morgan fingerprint density at radius 3 is 1.50 bits per heavy atom. The molecule has 28 heavy (non-hydrogen) atoms. The minimum Gasteiger partial charge on any atom is -0.412 e. The van der Waals surface area contributed by atoms with E-state index in [9.17, 15) is 0 Å². The zero-order chi connectivity index (χ0) is 19.6. The van der Waals surface area contributed by atoms with E-state index in [1.165, 1.54) is 85.0 Å². The maximum Gasteiger partial charge on any atom is 0.0443 e. The first-order chi connectivity index (χ1) is 13.1. The molecule has 2 aromatic rings. The van der Waals surface area contributed by atoms with Crippen LogP contribution < -0.4 is 4.90 Å². The van der Waals surface area contributed by atoms with Gasteiger partial charge in [-0.2, -0.15) is 0 Å². The summed E-state index contributed by atoms with van der Waals surface area (Å²) in [6.45, 7) is 12.3. The molecule has 2 N–H and O–H groups in total. The number of rotatable bonds is 11. The van der Waals surface area contributed by atoms with Crippen LogP contribution in [0.5, 0.6) is 0 Å². The molecule has 0 saturated heterocycles. The summed E-state index contributed by atoms with van der Waals surface area (Å²) in [4.78, 5) is 2.56. The molecule has 0 saturated carbocycles. The lowest BCUT2D eigenvalue weighted by atomic mass is 10.0. The molecule has 0 atom stereocenters. The lowest BCUT2D eigenvalue weighted by Gasteiger charge is -2.29. The van der Waals surface area contributed by atoms with Crippen molar-refractivity contribution in [2.45, 2.75) is 86.0 Å². The molecule has 0 spiro atoms. The molecule has 0 fully saturated rings. The Bertz CT molecular complexity index is 656. The average molecular weight is 384 g/mol. The molecule has 0 amide bonds. The Labute approximate surface area is 173 Å². The second-order valence-electron chi connectivity index (χ2n) is 8.06. The van der Waals surface area contributed by atoms with Crippen LogP contribution in [0.1, 0.15) is 80.5 Å². The van der Waals surface area contributed by atoms with Gasteiger partial charge in [-0.05, 0) is 68.5 Å². The van der Waals surface area contributed by atoms with Crippen molar-refractivity contribution in [2.24, 2.45) is 0 Å². The summed E-state index contributed by atoms with van der Waals surface area (Å²) < 4.78 is 0. The summed E-state index contributed by atoms with van der Waals surface area (Å²) in [6, 6.07) is 13.4. The fourth-order valence-corrected chi connectivity index (χ4v) is 3.83. The van der Waals surface area contributed by atoms with E-state index in [0.29, 0.717) is 0 Å². The molecular weight excluding hydrogens is 342 g/mol. The number of benzene rings is 2. The highest BCUT2D eigenvalue weighted by atomic mass is 16.0. The van der Waals surface area contributed by atoms with Gasteiger partial charge in [0.15, 0.2) is 0 Å². The molecule has 156 valence electrons. The van der Waals surface area contributed by atoms with Crippen LogP contribution >= 0.6 is 0 Å². The quantitative estimate of drug-likeness (QED) is 0.373. The van der Waals surface area contributed by atoms with Crippen LogP contribution in [0.4, 0.5) is 11.4 Å². The number of hydrogen-bond acceptors (Lipinski definition) is 1. The van der Waals surface area contributed by atoms with Gasteiger partial charge in [-0.25, -0.2) is 0 Å². The molecule has 0 heterocycles. The minimum atomic E-state index is 0. The minimum absolute atomic E-state index is 0. The molecule has 0 radical (unpaired) electrons. The molecular formula is C26H41NO. The third kappa shape index (κ3) is 6.67. The van der Waals surface area contributed by atoms with Crippen LogP contribution in [0.25, 0.3) is 0 Å². The summed E-state index contributed by atoms with van der Waals surface area (Å²) in [7, 11) is 0. The first-order valence-electron chi connectivity index (χ1n) is 11.0. The zero-order valence-corrected chi connectivity index (χ0v) is 18.8. The Hall–Kier alpha value is -1.80. The molecule has 0 aromatic heterocycles. The van der Waals surface area contributed by atoms with Gasteiger partial charge in [0.25, 0.3) is 0 Å². The lowest BCUT2D eigenvalue weighted by molar-refractivity contribution is 0.577. The van der Waals surface area contributed by atoms with Crippen LogP contribution in [0.2, 0.25) is 0 Å². The number of hydrogen-bond donors (Lipinski definition) is 0. The summed E-state index contributed by atoms with van der Waals surface area (Å²) in [5, 5.41) is 0. The molecule has 0 aliphatic heterocycles. The van der Waals surface area contributed by atoms with Crippen molar-refractivity contribution < 1.29 is 5.48 Å².